The zero-order valence-electron chi connectivity index (χ0n) is 21.2. The van der Waals surface area contributed by atoms with Gasteiger partial charge in [-0.2, -0.15) is 0 Å². The van der Waals surface area contributed by atoms with Crippen LogP contribution in [0.5, 0.6) is 0 Å². The number of aliphatic hydroxyl groups excluding tert-OH is 1. The molecule has 7 heteroatoms. The average molecular weight is 455 g/mol. The molecule has 0 spiro atoms. The topological polar surface area (TPSA) is 95.9 Å². The van der Waals surface area contributed by atoms with Crippen molar-refractivity contribution in [2.45, 2.75) is 136 Å². The van der Waals surface area contributed by atoms with E-state index >= 15 is 0 Å². The molecule has 1 aliphatic rings. The number of rotatable bonds is 16. The van der Waals surface area contributed by atoms with Gasteiger partial charge in [0.25, 0.3) is 11.8 Å². The molecule has 0 radical (unpaired) electrons. The Kier molecular flexibility index (Phi) is 11.9. The second-order valence-electron chi connectivity index (χ2n) is 10.5. The molecule has 2 amide bonds. The van der Waals surface area contributed by atoms with Crippen molar-refractivity contribution in [1.29, 1.82) is 0 Å². The number of nitrogens with one attached hydrogen (secondary N) is 1. The lowest BCUT2D eigenvalue weighted by Gasteiger charge is -2.41. The number of amides is 2. The quantitative estimate of drug-likeness (QED) is 0.260. The summed E-state index contributed by atoms with van der Waals surface area (Å²) in [6, 6.07) is 0. The van der Waals surface area contributed by atoms with Crippen LogP contribution in [0.15, 0.2) is 0 Å². The molecule has 1 saturated heterocycles. The Labute approximate surface area is 194 Å². The van der Waals surface area contributed by atoms with Crippen LogP contribution >= 0.6 is 0 Å². The molecule has 0 aromatic heterocycles. The van der Waals surface area contributed by atoms with Gasteiger partial charge >= 0.3 is 5.97 Å². The lowest BCUT2D eigenvalue weighted by atomic mass is 9.83. The molecule has 0 bridgehead atoms. The van der Waals surface area contributed by atoms with Crippen LogP contribution in [0.3, 0.4) is 0 Å². The highest BCUT2D eigenvalue weighted by Gasteiger charge is 2.42. The van der Waals surface area contributed by atoms with E-state index in [9.17, 15) is 19.5 Å². The van der Waals surface area contributed by atoms with Crippen molar-refractivity contribution in [2.75, 3.05) is 0 Å². The van der Waals surface area contributed by atoms with Gasteiger partial charge < -0.3 is 15.3 Å². The fraction of sp³-hybridized carbons (Fsp3) is 0.880. The van der Waals surface area contributed by atoms with Gasteiger partial charge in [-0.15, -0.1) is 0 Å². The minimum absolute atomic E-state index is 0.0143. The summed E-state index contributed by atoms with van der Waals surface area (Å²) in [5.74, 6) is -2.71. The Balaban J connectivity index is 2.70. The number of imide groups is 1. The average Bonchev–Trinajstić information content (AvgIpc) is 2.94. The monoisotopic (exact) mass is 454 g/mol. The molecular weight excluding hydrogens is 408 g/mol. The first-order valence-electron chi connectivity index (χ1n) is 12.5. The van der Waals surface area contributed by atoms with Gasteiger partial charge in [0.1, 0.15) is 6.10 Å². The largest absolute Gasteiger partial charge is 0.383 e. The van der Waals surface area contributed by atoms with Crippen LogP contribution in [0, 0.1) is 5.92 Å². The first-order valence-corrected chi connectivity index (χ1v) is 12.5. The van der Waals surface area contributed by atoms with Crippen molar-refractivity contribution in [3.05, 3.63) is 0 Å². The number of unbranched alkanes of at least 4 members (excludes halogenated alkanes) is 6. The molecule has 32 heavy (non-hydrogen) atoms. The second kappa shape index (κ2) is 13.3. The molecular formula is C25H46N2O5. The molecule has 0 aromatic rings. The Bertz CT molecular complexity index is 607. The predicted molar refractivity (Wildman–Crippen MR) is 125 cm³/mol. The molecule has 2 unspecified atom stereocenters. The molecule has 1 heterocycles. The highest BCUT2D eigenvalue weighted by Crippen LogP contribution is 2.29. The van der Waals surface area contributed by atoms with E-state index in [2.05, 4.69) is 39.9 Å². The lowest BCUT2D eigenvalue weighted by molar-refractivity contribution is -0.202. The minimum atomic E-state index is -1.43. The maximum atomic E-state index is 12.6. The van der Waals surface area contributed by atoms with Crippen molar-refractivity contribution in [2.24, 2.45) is 5.92 Å². The first-order chi connectivity index (χ1) is 14.9. The zero-order valence-corrected chi connectivity index (χ0v) is 21.2. The van der Waals surface area contributed by atoms with Crippen LogP contribution in [0.25, 0.3) is 0 Å². The fourth-order valence-corrected chi connectivity index (χ4v) is 4.72. The number of carbonyl (C=O) groups excluding carboxylic acids is 3. The third-order valence-electron chi connectivity index (χ3n) is 6.28. The maximum Gasteiger partial charge on any atom is 0.336 e. The van der Waals surface area contributed by atoms with Crippen molar-refractivity contribution >= 4 is 17.8 Å². The summed E-state index contributed by atoms with van der Waals surface area (Å²) in [5.41, 5.74) is -0.346. The van der Waals surface area contributed by atoms with Crippen molar-refractivity contribution in [3.8, 4) is 0 Å². The van der Waals surface area contributed by atoms with Gasteiger partial charge in [0, 0.05) is 11.1 Å². The maximum absolute atomic E-state index is 12.6. The number of carbonyl (C=O) groups is 3. The van der Waals surface area contributed by atoms with Gasteiger partial charge in [-0.25, -0.2) is 4.79 Å². The summed E-state index contributed by atoms with van der Waals surface area (Å²) < 4.78 is 0. The van der Waals surface area contributed by atoms with Crippen LogP contribution in [0.1, 0.15) is 119 Å². The van der Waals surface area contributed by atoms with E-state index < -0.39 is 29.8 Å². The van der Waals surface area contributed by atoms with E-state index in [0.717, 1.165) is 12.8 Å². The van der Waals surface area contributed by atoms with E-state index in [1.54, 1.807) is 6.92 Å². The summed E-state index contributed by atoms with van der Waals surface area (Å²) in [6.45, 7) is 12.6. The molecule has 0 aliphatic carbocycles. The summed E-state index contributed by atoms with van der Waals surface area (Å²) in [7, 11) is 0. The fourth-order valence-electron chi connectivity index (χ4n) is 4.72. The van der Waals surface area contributed by atoms with Gasteiger partial charge in [0.05, 0.1) is 12.3 Å². The highest BCUT2D eigenvalue weighted by molar-refractivity contribution is 6.04. The second-order valence-corrected chi connectivity index (χ2v) is 10.5. The van der Waals surface area contributed by atoms with Crippen molar-refractivity contribution in [3.63, 3.8) is 0 Å². The molecule has 186 valence electrons. The molecule has 1 rings (SSSR count). The van der Waals surface area contributed by atoms with E-state index in [1.807, 2.05) is 0 Å². The molecule has 2 N–H and O–H groups in total. The number of hydroxylamine groups is 2. The zero-order chi connectivity index (χ0) is 24.4. The minimum Gasteiger partial charge on any atom is -0.383 e. The Morgan fingerprint density at radius 1 is 1.06 bits per heavy atom. The molecule has 1 fully saturated rings. The normalized spacial score (nSPS) is 18.3. The van der Waals surface area contributed by atoms with E-state index in [4.69, 9.17) is 4.84 Å². The number of hydrogen-bond donors (Lipinski definition) is 2. The van der Waals surface area contributed by atoms with Crippen molar-refractivity contribution < 1.29 is 24.3 Å². The Morgan fingerprint density at radius 3 is 2.03 bits per heavy atom. The number of nitrogens with zero attached hydrogens (tertiary/aromatic N) is 1. The number of hydrogen-bond acceptors (Lipinski definition) is 6. The Morgan fingerprint density at radius 2 is 1.59 bits per heavy atom. The van der Waals surface area contributed by atoms with Crippen LogP contribution in [-0.2, 0) is 19.2 Å². The molecule has 0 aromatic carbocycles. The standard InChI is InChI=1S/C25H46N2O5/c1-7-9-11-13-15-25(6,16-14-12-10-8-2)26-24(4,5)18-19(3)23(31)32-27-21(29)17-20(28)22(27)30/h19-20,26,28H,7-18H2,1-6H3. The third kappa shape index (κ3) is 9.57. The molecule has 2 atom stereocenters. The van der Waals surface area contributed by atoms with Gasteiger partial charge in [0.2, 0.25) is 0 Å². The summed E-state index contributed by atoms with van der Waals surface area (Å²) >= 11 is 0. The predicted octanol–water partition coefficient (Wildman–Crippen LogP) is 4.66. The van der Waals surface area contributed by atoms with Crippen LogP contribution in [0.2, 0.25) is 0 Å². The highest BCUT2D eigenvalue weighted by atomic mass is 16.7. The molecule has 0 saturated carbocycles. The smallest absolute Gasteiger partial charge is 0.336 e. The van der Waals surface area contributed by atoms with E-state index in [0.29, 0.717) is 11.5 Å². The SMILES string of the molecule is CCCCCCC(C)(CCCCCC)NC(C)(C)CC(C)C(=O)ON1C(=O)CC(O)C1=O. The van der Waals surface area contributed by atoms with Gasteiger partial charge in [-0.1, -0.05) is 77.2 Å². The number of aliphatic hydroxyl groups is 1. The van der Waals surface area contributed by atoms with Crippen LogP contribution in [0.4, 0.5) is 0 Å². The van der Waals surface area contributed by atoms with Crippen molar-refractivity contribution in [1.82, 2.24) is 10.4 Å². The van der Waals surface area contributed by atoms with Gasteiger partial charge in [0.15, 0.2) is 0 Å². The van der Waals surface area contributed by atoms with E-state index in [-0.39, 0.29) is 17.5 Å². The molecule has 1 aliphatic heterocycles. The van der Waals surface area contributed by atoms with Crippen LogP contribution < -0.4 is 5.32 Å². The summed E-state index contributed by atoms with van der Waals surface area (Å²) in [5, 5.41) is 13.7. The summed E-state index contributed by atoms with van der Waals surface area (Å²) in [4.78, 5) is 41.2. The first kappa shape index (κ1) is 28.6. The Hall–Kier alpha value is -1.47. The lowest BCUT2D eigenvalue weighted by Crippen LogP contribution is -2.54. The van der Waals surface area contributed by atoms with Gasteiger partial charge in [-0.3, -0.25) is 9.59 Å². The third-order valence-corrected chi connectivity index (χ3v) is 6.28. The summed E-state index contributed by atoms with van der Waals surface area (Å²) in [6.07, 6.45) is 10.7. The molecule has 7 nitrogen and oxygen atoms in total. The van der Waals surface area contributed by atoms with E-state index in [1.165, 1.54) is 51.4 Å². The van der Waals surface area contributed by atoms with Crippen LogP contribution in [-0.4, -0.2) is 45.1 Å². The van der Waals surface area contributed by atoms with Gasteiger partial charge in [-0.05, 0) is 40.0 Å².